The summed E-state index contributed by atoms with van der Waals surface area (Å²) in [7, 11) is 18.3. The summed E-state index contributed by atoms with van der Waals surface area (Å²) >= 11 is 0. The van der Waals surface area contributed by atoms with E-state index in [1.165, 1.54) is 0 Å². The van der Waals surface area contributed by atoms with Gasteiger partial charge in [0.15, 0.2) is 0 Å². The van der Waals surface area contributed by atoms with Crippen molar-refractivity contribution in [2.45, 2.75) is 0 Å². The zero-order chi connectivity index (χ0) is 7.07. The molecule has 1 rings (SSSR count). The maximum absolute atomic E-state index is 1.83. The van der Waals surface area contributed by atoms with Crippen LogP contribution in [0.2, 0.25) is 0 Å². The van der Waals surface area contributed by atoms with Gasteiger partial charge in [0.05, 0.1) is 0 Å². The zero-order valence-electron chi connectivity index (χ0n) is 4.58. The lowest BCUT2D eigenvalue weighted by Gasteiger charge is -2.00. The van der Waals surface area contributed by atoms with Crippen molar-refractivity contribution >= 4 is 98.3 Å². The summed E-state index contributed by atoms with van der Waals surface area (Å²) in [6.45, 7) is 0. The Morgan fingerprint density at radius 2 is 0.364 bits per heavy atom. The Bertz CT molecular complexity index is 38.1. The van der Waals surface area contributed by atoms with Gasteiger partial charge in [0, 0.05) is 98.3 Å². The molecule has 0 radical (unpaired) electrons. The van der Waals surface area contributed by atoms with Gasteiger partial charge in [-0.25, -0.2) is 0 Å². The predicted molar refractivity (Wildman–Crippen MR) is 79.5 cm³/mol. The van der Waals surface area contributed by atoms with Crippen LogP contribution in [0.3, 0.4) is 0 Å². The van der Waals surface area contributed by atoms with Gasteiger partial charge in [-0.3, -0.25) is 0 Å². The van der Waals surface area contributed by atoms with Crippen LogP contribution in [0.1, 0.15) is 0 Å². The lowest BCUT2D eigenvalue weighted by atomic mass is 16.0. The van der Waals surface area contributed by atoms with E-state index < -0.39 is 0 Å². The van der Waals surface area contributed by atoms with Crippen LogP contribution in [-0.4, -0.2) is 5.48 Å². The summed E-state index contributed by atoms with van der Waals surface area (Å²) in [6, 6.07) is 0. The quantitative estimate of drug-likeness (QED) is 0.516. The SMILES string of the molecule is O.S1SSSSSSSSS1. The molecule has 1 aliphatic rings. The van der Waals surface area contributed by atoms with Crippen molar-refractivity contribution in [3.63, 3.8) is 0 Å². The van der Waals surface area contributed by atoms with E-state index in [1.54, 1.807) is 0 Å². The van der Waals surface area contributed by atoms with Crippen LogP contribution >= 0.6 is 98.3 Å². The molecule has 1 fully saturated rings. The highest BCUT2D eigenvalue weighted by molar-refractivity contribution is 9.60. The molecule has 1 aliphatic heterocycles. The minimum Gasteiger partial charge on any atom is -0.412 e. The molecule has 68 valence electrons. The van der Waals surface area contributed by atoms with Gasteiger partial charge in [0.1, 0.15) is 0 Å². The van der Waals surface area contributed by atoms with E-state index in [0.717, 1.165) is 0 Å². The zero-order valence-corrected chi connectivity index (χ0v) is 12.7. The van der Waals surface area contributed by atoms with Crippen molar-refractivity contribution in [1.82, 2.24) is 0 Å². The monoisotopic (exact) mass is 338 g/mol. The van der Waals surface area contributed by atoms with Crippen molar-refractivity contribution in [2.75, 3.05) is 0 Å². The molecule has 11 heavy (non-hydrogen) atoms. The van der Waals surface area contributed by atoms with Crippen molar-refractivity contribution in [3.8, 4) is 0 Å². The third-order valence-corrected chi connectivity index (χ3v) is 22.5. The molecule has 0 spiro atoms. The first kappa shape index (κ1) is 14.5. The molecule has 0 atom stereocenters. The van der Waals surface area contributed by atoms with Crippen LogP contribution in [0.5, 0.6) is 0 Å². The topological polar surface area (TPSA) is 31.5 Å². The minimum atomic E-state index is 0. The van der Waals surface area contributed by atoms with Crippen LogP contribution in [0.4, 0.5) is 0 Å². The van der Waals surface area contributed by atoms with Crippen LogP contribution < -0.4 is 0 Å². The highest BCUT2D eigenvalue weighted by Crippen LogP contribution is 2.66. The second kappa shape index (κ2) is 11.5. The van der Waals surface area contributed by atoms with Crippen LogP contribution in [-0.2, 0) is 0 Å². The molecule has 1 heterocycles. The van der Waals surface area contributed by atoms with Gasteiger partial charge in [-0.1, -0.05) is 0 Å². The normalized spacial score (nSPS) is 21.8. The Morgan fingerprint density at radius 3 is 0.455 bits per heavy atom. The van der Waals surface area contributed by atoms with Crippen molar-refractivity contribution in [3.05, 3.63) is 0 Å². The Kier molecular flexibility index (Phi) is 15.2. The molecular weight excluding hydrogens is 337 g/mol. The smallest absolute Gasteiger partial charge is 0 e. The van der Waals surface area contributed by atoms with Crippen molar-refractivity contribution < 1.29 is 5.48 Å². The molecule has 1 saturated heterocycles. The molecule has 0 unspecified atom stereocenters. The second-order valence-corrected chi connectivity index (χ2v) is 18.4. The van der Waals surface area contributed by atoms with Gasteiger partial charge in [0.25, 0.3) is 0 Å². The van der Waals surface area contributed by atoms with Crippen molar-refractivity contribution in [1.29, 1.82) is 0 Å². The average Bonchev–Trinajstić information content (AvgIpc) is 2.01. The van der Waals surface area contributed by atoms with E-state index in [2.05, 4.69) is 0 Å². The van der Waals surface area contributed by atoms with E-state index in [9.17, 15) is 0 Å². The molecule has 0 aromatic carbocycles. The molecular formula is H2OS10. The molecule has 0 aliphatic carbocycles. The van der Waals surface area contributed by atoms with E-state index in [0.29, 0.717) is 0 Å². The molecule has 2 N–H and O–H groups in total. The number of rotatable bonds is 0. The van der Waals surface area contributed by atoms with Gasteiger partial charge in [-0.15, -0.1) is 0 Å². The molecule has 0 amide bonds. The van der Waals surface area contributed by atoms with E-state index in [4.69, 9.17) is 0 Å². The van der Waals surface area contributed by atoms with Gasteiger partial charge in [-0.05, 0) is 0 Å². The molecule has 0 bridgehead atoms. The highest BCUT2D eigenvalue weighted by Gasteiger charge is 2.01. The summed E-state index contributed by atoms with van der Waals surface area (Å²) in [5.74, 6) is 0. The largest absolute Gasteiger partial charge is 0.412 e. The Hall–Kier alpha value is 3.46. The first-order valence-electron chi connectivity index (χ1n) is 1.67. The van der Waals surface area contributed by atoms with Gasteiger partial charge >= 0.3 is 0 Å². The molecule has 11 heteroatoms. The van der Waals surface area contributed by atoms with E-state index >= 15 is 0 Å². The summed E-state index contributed by atoms with van der Waals surface area (Å²) in [5.41, 5.74) is 0. The summed E-state index contributed by atoms with van der Waals surface area (Å²) in [4.78, 5) is 0. The van der Waals surface area contributed by atoms with Crippen molar-refractivity contribution in [2.24, 2.45) is 0 Å². The lowest BCUT2D eigenvalue weighted by Crippen LogP contribution is -1.35. The molecule has 0 aromatic heterocycles. The standard InChI is InChI=1S/H2O.S10/c;1-2-4-6-8-10-9-7-5-3-1/h1H2;. The Balaban J connectivity index is 0.000001000. The summed E-state index contributed by atoms with van der Waals surface area (Å²) < 4.78 is 0. The van der Waals surface area contributed by atoms with Crippen LogP contribution in [0.15, 0.2) is 0 Å². The Morgan fingerprint density at radius 1 is 0.273 bits per heavy atom. The molecule has 0 saturated carbocycles. The predicted octanol–water partition coefficient (Wildman–Crippen LogP) is 5.66. The van der Waals surface area contributed by atoms with Gasteiger partial charge < -0.3 is 5.48 Å². The summed E-state index contributed by atoms with van der Waals surface area (Å²) in [5, 5.41) is 0. The van der Waals surface area contributed by atoms with Crippen LogP contribution in [0, 0.1) is 0 Å². The molecule has 0 aromatic rings. The lowest BCUT2D eigenvalue weighted by molar-refractivity contribution is 0.824. The highest BCUT2D eigenvalue weighted by atomic mass is 34.1. The second-order valence-electron chi connectivity index (χ2n) is 0.680. The van der Waals surface area contributed by atoms with Gasteiger partial charge in [-0.2, -0.15) is 0 Å². The minimum absolute atomic E-state index is 0. The molecule has 1 nitrogen and oxygen atoms in total. The summed E-state index contributed by atoms with van der Waals surface area (Å²) in [6.07, 6.45) is 0. The third-order valence-electron chi connectivity index (χ3n) is 0.278. The van der Waals surface area contributed by atoms with Gasteiger partial charge in [0.2, 0.25) is 0 Å². The maximum Gasteiger partial charge on any atom is 0 e. The fourth-order valence-corrected chi connectivity index (χ4v) is 27.6. The number of hydrogen-bond donors (Lipinski definition) is 0. The van der Waals surface area contributed by atoms with Crippen LogP contribution in [0.25, 0.3) is 0 Å². The average molecular weight is 339 g/mol. The van der Waals surface area contributed by atoms with E-state index in [1.807, 2.05) is 98.3 Å². The first-order valence-corrected chi connectivity index (χ1v) is 15.0. The van der Waals surface area contributed by atoms with E-state index in [-0.39, 0.29) is 5.48 Å². The number of hydrogen-bond acceptors (Lipinski definition) is 10. The third kappa shape index (κ3) is 9.76. The fourth-order valence-electron chi connectivity index (χ4n) is 0.113. The Labute approximate surface area is 102 Å². The maximum atomic E-state index is 1.83. The first-order chi connectivity index (χ1) is 5.00. The fraction of sp³-hybridized carbons (Fsp3) is 0.